The van der Waals surface area contributed by atoms with Crippen molar-refractivity contribution in [3.63, 3.8) is 0 Å². The van der Waals surface area contributed by atoms with Gasteiger partial charge in [0.25, 0.3) is 0 Å². The standard InChI is InChI=1S/C11H12Cl3NO/c1-2-3-15-11(16)10(14)7-4-8(12)6-9(13)5-7/h4-6,10H,2-3H2,1H3,(H,15,16). The summed E-state index contributed by atoms with van der Waals surface area (Å²) in [5.74, 6) is -0.234. The summed E-state index contributed by atoms with van der Waals surface area (Å²) in [5.41, 5.74) is 0.604. The molecular weight excluding hydrogens is 268 g/mol. The van der Waals surface area contributed by atoms with Crippen LogP contribution < -0.4 is 5.32 Å². The van der Waals surface area contributed by atoms with E-state index in [0.29, 0.717) is 22.2 Å². The van der Waals surface area contributed by atoms with Gasteiger partial charge in [0.15, 0.2) is 0 Å². The van der Waals surface area contributed by atoms with Crippen molar-refractivity contribution in [2.24, 2.45) is 0 Å². The number of hydrogen-bond donors (Lipinski definition) is 1. The molecule has 0 fully saturated rings. The van der Waals surface area contributed by atoms with Gasteiger partial charge in [0.05, 0.1) is 0 Å². The van der Waals surface area contributed by atoms with Crippen LogP contribution >= 0.6 is 34.8 Å². The summed E-state index contributed by atoms with van der Waals surface area (Å²) < 4.78 is 0. The fraction of sp³-hybridized carbons (Fsp3) is 0.364. The molecule has 1 amide bonds. The van der Waals surface area contributed by atoms with E-state index in [9.17, 15) is 4.79 Å². The van der Waals surface area contributed by atoms with Crippen molar-refractivity contribution in [2.75, 3.05) is 6.54 Å². The molecule has 2 nitrogen and oxygen atoms in total. The highest BCUT2D eigenvalue weighted by Gasteiger charge is 2.17. The van der Waals surface area contributed by atoms with E-state index in [1.165, 1.54) is 0 Å². The predicted molar refractivity (Wildman–Crippen MR) is 68.4 cm³/mol. The Bertz CT molecular complexity index is 361. The van der Waals surface area contributed by atoms with Gasteiger partial charge in [-0.1, -0.05) is 30.1 Å². The fourth-order valence-corrected chi connectivity index (χ4v) is 1.96. The maximum absolute atomic E-state index is 11.6. The molecule has 5 heteroatoms. The summed E-state index contributed by atoms with van der Waals surface area (Å²) in [6.07, 6.45) is 0.867. The monoisotopic (exact) mass is 279 g/mol. The van der Waals surface area contributed by atoms with E-state index in [4.69, 9.17) is 34.8 Å². The largest absolute Gasteiger partial charge is 0.355 e. The first-order valence-electron chi connectivity index (χ1n) is 4.92. The lowest BCUT2D eigenvalue weighted by Gasteiger charge is -2.11. The normalized spacial score (nSPS) is 12.2. The molecule has 1 unspecified atom stereocenters. The lowest BCUT2D eigenvalue weighted by molar-refractivity contribution is -0.120. The van der Waals surface area contributed by atoms with E-state index < -0.39 is 5.38 Å². The zero-order valence-corrected chi connectivity index (χ0v) is 11.0. The van der Waals surface area contributed by atoms with E-state index in [-0.39, 0.29) is 5.91 Å². The molecule has 0 aromatic heterocycles. The summed E-state index contributed by atoms with van der Waals surface area (Å²) >= 11 is 17.7. The van der Waals surface area contributed by atoms with E-state index in [1.807, 2.05) is 6.92 Å². The van der Waals surface area contributed by atoms with Crippen molar-refractivity contribution >= 4 is 40.7 Å². The first-order chi connectivity index (χ1) is 7.54. The van der Waals surface area contributed by atoms with Gasteiger partial charge in [0.1, 0.15) is 5.38 Å². The van der Waals surface area contributed by atoms with Gasteiger partial charge >= 0.3 is 0 Å². The minimum atomic E-state index is -0.761. The Labute approximate surface area is 110 Å². The van der Waals surface area contributed by atoms with E-state index in [0.717, 1.165) is 6.42 Å². The molecule has 0 aliphatic rings. The van der Waals surface area contributed by atoms with Gasteiger partial charge in [-0.15, -0.1) is 11.6 Å². The summed E-state index contributed by atoms with van der Waals surface area (Å²) in [7, 11) is 0. The molecule has 0 saturated heterocycles. The first kappa shape index (κ1) is 13.6. The number of rotatable bonds is 4. The Hall–Kier alpha value is -0.440. The maximum Gasteiger partial charge on any atom is 0.242 e. The van der Waals surface area contributed by atoms with Crippen molar-refractivity contribution < 1.29 is 4.79 Å². The summed E-state index contributed by atoms with van der Waals surface area (Å²) in [6, 6.07) is 4.87. The van der Waals surface area contributed by atoms with Gasteiger partial charge in [0, 0.05) is 16.6 Å². The van der Waals surface area contributed by atoms with Crippen LogP contribution in [0.5, 0.6) is 0 Å². The molecule has 88 valence electrons. The van der Waals surface area contributed by atoms with Crippen LogP contribution in [0, 0.1) is 0 Å². The van der Waals surface area contributed by atoms with Crippen LogP contribution in [0.25, 0.3) is 0 Å². The van der Waals surface area contributed by atoms with Crippen LogP contribution in [0.1, 0.15) is 24.3 Å². The third-order valence-electron chi connectivity index (χ3n) is 1.96. The van der Waals surface area contributed by atoms with Crippen molar-refractivity contribution in [3.05, 3.63) is 33.8 Å². The molecule has 0 saturated carbocycles. The molecule has 0 aliphatic heterocycles. The van der Waals surface area contributed by atoms with Crippen LogP contribution in [0.2, 0.25) is 10.0 Å². The molecule has 0 bridgehead atoms. The molecule has 1 rings (SSSR count). The second-order valence-corrected chi connectivity index (χ2v) is 4.67. The molecule has 0 spiro atoms. The summed E-state index contributed by atoms with van der Waals surface area (Å²) in [4.78, 5) is 11.6. The summed E-state index contributed by atoms with van der Waals surface area (Å²) in [6.45, 7) is 2.58. The molecular formula is C11H12Cl3NO. The van der Waals surface area contributed by atoms with Crippen LogP contribution in [0.15, 0.2) is 18.2 Å². The second-order valence-electron chi connectivity index (χ2n) is 3.36. The molecule has 0 aliphatic carbocycles. The van der Waals surface area contributed by atoms with Gasteiger partial charge in [0.2, 0.25) is 5.91 Å². The Morgan fingerprint density at radius 2 is 1.88 bits per heavy atom. The Morgan fingerprint density at radius 3 is 2.38 bits per heavy atom. The highest BCUT2D eigenvalue weighted by atomic mass is 35.5. The quantitative estimate of drug-likeness (QED) is 0.835. The Kier molecular flexibility index (Phi) is 5.39. The van der Waals surface area contributed by atoms with Crippen LogP contribution in [0.3, 0.4) is 0 Å². The first-order valence-corrected chi connectivity index (χ1v) is 6.11. The minimum Gasteiger partial charge on any atom is -0.355 e. The third kappa shape index (κ3) is 3.85. The number of amides is 1. The molecule has 1 N–H and O–H groups in total. The number of carbonyl (C=O) groups is 1. The highest BCUT2D eigenvalue weighted by Crippen LogP contribution is 2.27. The summed E-state index contributed by atoms with van der Waals surface area (Å²) in [5, 5.41) is 2.89. The van der Waals surface area contributed by atoms with Gasteiger partial charge in [-0.2, -0.15) is 0 Å². The SMILES string of the molecule is CCCNC(=O)C(Cl)c1cc(Cl)cc(Cl)c1. The average molecular weight is 281 g/mol. The number of nitrogens with one attached hydrogen (secondary N) is 1. The molecule has 0 heterocycles. The van der Waals surface area contributed by atoms with Gasteiger partial charge in [-0.25, -0.2) is 0 Å². The van der Waals surface area contributed by atoms with Crippen molar-refractivity contribution in [3.8, 4) is 0 Å². The molecule has 0 radical (unpaired) electrons. The maximum atomic E-state index is 11.6. The number of carbonyl (C=O) groups excluding carboxylic acids is 1. The third-order valence-corrected chi connectivity index (χ3v) is 2.84. The number of hydrogen-bond acceptors (Lipinski definition) is 1. The van der Waals surface area contributed by atoms with Gasteiger partial charge in [-0.3, -0.25) is 4.79 Å². The van der Waals surface area contributed by atoms with Crippen molar-refractivity contribution in [1.82, 2.24) is 5.32 Å². The fourth-order valence-electron chi connectivity index (χ4n) is 1.21. The lowest BCUT2D eigenvalue weighted by Crippen LogP contribution is -2.27. The van der Waals surface area contributed by atoms with Crippen LogP contribution in [-0.2, 0) is 4.79 Å². The second kappa shape index (κ2) is 6.33. The van der Waals surface area contributed by atoms with Gasteiger partial charge in [-0.05, 0) is 30.2 Å². The zero-order valence-electron chi connectivity index (χ0n) is 8.77. The minimum absolute atomic E-state index is 0.234. The molecule has 1 atom stereocenters. The van der Waals surface area contributed by atoms with Crippen molar-refractivity contribution in [2.45, 2.75) is 18.7 Å². The average Bonchev–Trinajstić information content (AvgIpc) is 2.23. The highest BCUT2D eigenvalue weighted by molar-refractivity contribution is 6.35. The van der Waals surface area contributed by atoms with Gasteiger partial charge < -0.3 is 5.32 Å². The van der Waals surface area contributed by atoms with E-state index in [1.54, 1.807) is 18.2 Å². The van der Waals surface area contributed by atoms with Crippen LogP contribution in [-0.4, -0.2) is 12.5 Å². The molecule has 16 heavy (non-hydrogen) atoms. The smallest absolute Gasteiger partial charge is 0.242 e. The number of alkyl halides is 1. The Morgan fingerprint density at radius 1 is 1.31 bits per heavy atom. The molecule has 1 aromatic carbocycles. The Balaban J connectivity index is 2.79. The predicted octanol–water partition coefficient (Wildman–Crippen LogP) is 3.80. The zero-order chi connectivity index (χ0) is 12.1. The molecule has 1 aromatic rings. The number of benzene rings is 1. The van der Waals surface area contributed by atoms with Crippen LogP contribution in [0.4, 0.5) is 0 Å². The van der Waals surface area contributed by atoms with E-state index >= 15 is 0 Å². The number of halogens is 3. The van der Waals surface area contributed by atoms with E-state index in [2.05, 4.69) is 5.32 Å². The van der Waals surface area contributed by atoms with Crippen molar-refractivity contribution in [1.29, 1.82) is 0 Å². The lowest BCUT2D eigenvalue weighted by atomic mass is 10.1. The topological polar surface area (TPSA) is 29.1 Å².